The number of rotatable bonds is 8. The summed E-state index contributed by atoms with van der Waals surface area (Å²) in [7, 11) is 0. The Balaban J connectivity index is 1.76. The van der Waals surface area contributed by atoms with E-state index in [1.54, 1.807) is 36.0 Å². The number of thioether (sulfide) groups is 1. The molecule has 1 aromatic heterocycles. The number of nitrogens with zero attached hydrogens (tertiary/aromatic N) is 1. The van der Waals surface area contributed by atoms with E-state index in [9.17, 15) is 9.59 Å². The summed E-state index contributed by atoms with van der Waals surface area (Å²) in [6, 6.07) is 9.16. The number of fused-ring (bicyclic) bond motifs is 1. The molecule has 3 rings (SSSR count). The molecule has 2 aromatic carbocycles. The summed E-state index contributed by atoms with van der Waals surface area (Å²) in [5, 5.41) is 6.30. The molecular formula is C22H23Cl2N3O3S. The third kappa shape index (κ3) is 5.93. The molecular weight excluding hydrogens is 457 g/mol. The number of amides is 2. The Morgan fingerprint density at radius 3 is 2.61 bits per heavy atom. The Morgan fingerprint density at radius 1 is 1.16 bits per heavy atom. The van der Waals surface area contributed by atoms with Gasteiger partial charge in [0.1, 0.15) is 11.6 Å². The SMILES string of the molecule is CSCCC(NC(=O)c1ccc(Cl)cc1Cl)C(=O)Nc1ccc2oc(C(C)C)nc2c1. The molecule has 0 aliphatic heterocycles. The molecule has 0 saturated carbocycles. The zero-order chi connectivity index (χ0) is 22.5. The van der Waals surface area contributed by atoms with Crippen molar-refractivity contribution in [2.75, 3.05) is 17.3 Å². The Kier molecular flexibility index (Phi) is 7.86. The first-order valence-electron chi connectivity index (χ1n) is 9.74. The van der Waals surface area contributed by atoms with E-state index in [1.807, 2.05) is 20.1 Å². The monoisotopic (exact) mass is 479 g/mol. The highest BCUT2D eigenvalue weighted by atomic mass is 35.5. The summed E-state index contributed by atoms with van der Waals surface area (Å²) >= 11 is 13.6. The normalized spacial score (nSPS) is 12.2. The molecule has 31 heavy (non-hydrogen) atoms. The molecule has 0 bridgehead atoms. The second-order valence-corrected chi connectivity index (χ2v) is 9.14. The lowest BCUT2D eigenvalue weighted by Crippen LogP contribution is -2.44. The molecule has 164 valence electrons. The van der Waals surface area contributed by atoms with Gasteiger partial charge >= 0.3 is 0 Å². The van der Waals surface area contributed by atoms with E-state index in [0.717, 1.165) is 0 Å². The van der Waals surface area contributed by atoms with Gasteiger partial charge in [-0.25, -0.2) is 4.98 Å². The Morgan fingerprint density at radius 2 is 1.94 bits per heavy atom. The molecule has 2 N–H and O–H groups in total. The lowest BCUT2D eigenvalue weighted by atomic mass is 10.1. The minimum Gasteiger partial charge on any atom is -0.440 e. The first-order chi connectivity index (χ1) is 14.8. The number of halogens is 2. The van der Waals surface area contributed by atoms with Crippen LogP contribution in [-0.2, 0) is 4.79 Å². The summed E-state index contributed by atoms with van der Waals surface area (Å²) in [6.45, 7) is 4.00. The van der Waals surface area contributed by atoms with Crippen molar-refractivity contribution >= 4 is 63.6 Å². The van der Waals surface area contributed by atoms with Crippen molar-refractivity contribution in [1.29, 1.82) is 0 Å². The van der Waals surface area contributed by atoms with Crippen LogP contribution in [0.1, 0.15) is 42.4 Å². The van der Waals surface area contributed by atoms with Crippen molar-refractivity contribution in [3.8, 4) is 0 Å². The number of aromatic nitrogens is 1. The van der Waals surface area contributed by atoms with Crippen molar-refractivity contribution in [1.82, 2.24) is 10.3 Å². The number of hydrogen-bond donors (Lipinski definition) is 2. The predicted molar refractivity (Wildman–Crippen MR) is 127 cm³/mol. The van der Waals surface area contributed by atoms with E-state index < -0.39 is 11.9 Å². The van der Waals surface area contributed by atoms with Crippen LogP contribution >= 0.6 is 35.0 Å². The number of oxazole rings is 1. The van der Waals surface area contributed by atoms with Gasteiger partial charge in [-0.3, -0.25) is 9.59 Å². The van der Waals surface area contributed by atoms with Gasteiger partial charge in [0.05, 0.1) is 10.6 Å². The minimum atomic E-state index is -0.731. The average Bonchev–Trinajstić information content (AvgIpc) is 3.14. The fourth-order valence-electron chi connectivity index (χ4n) is 2.91. The molecule has 3 aromatic rings. The summed E-state index contributed by atoms with van der Waals surface area (Å²) in [6.07, 6.45) is 2.41. The lowest BCUT2D eigenvalue weighted by molar-refractivity contribution is -0.118. The molecule has 0 aliphatic rings. The number of anilines is 1. The topological polar surface area (TPSA) is 84.2 Å². The van der Waals surface area contributed by atoms with Crippen LogP contribution in [0, 0.1) is 0 Å². The third-order valence-corrected chi connectivity index (χ3v) is 5.77. The van der Waals surface area contributed by atoms with Gasteiger partial charge in [0.2, 0.25) is 5.91 Å². The molecule has 0 spiro atoms. The van der Waals surface area contributed by atoms with Crippen molar-refractivity contribution < 1.29 is 14.0 Å². The quantitative estimate of drug-likeness (QED) is 0.429. The Hall–Kier alpha value is -2.22. The zero-order valence-electron chi connectivity index (χ0n) is 17.4. The van der Waals surface area contributed by atoms with Crippen molar-refractivity contribution in [3.63, 3.8) is 0 Å². The molecule has 0 aliphatic carbocycles. The molecule has 6 nitrogen and oxygen atoms in total. The van der Waals surface area contributed by atoms with Crippen LogP contribution < -0.4 is 10.6 Å². The van der Waals surface area contributed by atoms with Gasteiger partial charge in [-0.15, -0.1) is 0 Å². The number of carbonyl (C=O) groups is 2. The molecule has 0 radical (unpaired) electrons. The highest BCUT2D eigenvalue weighted by Gasteiger charge is 2.23. The van der Waals surface area contributed by atoms with E-state index in [2.05, 4.69) is 15.6 Å². The standard InChI is InChI=1S/C22H23Cl2N3O3S/c1-12(2)22-27-18-11-14(5-7-19(18)30-22)25-21(29)17(8-9-31-3)26-20(28)15-6-4-13(23)10-16(15)24/h4-7,10-12,17H,8-9H2,1-3H3,(H,25,29)(H,26,28). The van der Waals surface area contributed by atoms with Gasteiger partial charge in [-0.1, -0.05) is 37.0 Å². The van der Waals surface area contributed by atoms with Crippen LogP contribution in [-0.4, -0.2) is 34.8 Å². The molecule has 1 heterocycles. The minimum absolute atomic E-state index is 0.163. The van der Waals surface area contributed by atoms with Crippen molar-refractivity contribution in [3.05, 3.63) is 57.9 Å². The second kappa shape index (κ2) is 10.4. The number of benzene rings is 2. The van der Waals surface area contributed by atoms with Crippen LogP contribution in [0.5, 0.6) is 0 Å². The third-order valence-electron chi connectivity index (χ3n) is 4.57. The summed E-state index contributed by atoms with van der Waals surface area (Å²) < 4.78 is 5.71. The molecule has 9 heteroatoms. The Labute approximate surface area is 195 Å². The van der Waals surface area contributed by atoms with E-state index in [4.69, 9.17) is 27.6 Å². The maximum Gasteiger partial charge on any atom is 0.253 e. The number of nitrogens with one attached hydrogen (secondary N) is 2. The first-order valence-corrected chi connectivity index (χ1v) is 11.9. The van der Waals surface area contributed by atoms with Crippen LogP contribution in [0.15, 0.2) is 40.8 Å². The Bertz CT molecular complexity index is 1100. The summed E-state index contributed by atoms with van der Waals surface area (Å²) in [4.78, 5) is 30.1. The van der Waals surface area contributed by atoms with E-state index in [-0.39, 0.29) is 22.4 Å². The first kappa shape index (κ1) is 23.4. The van der Waals surface area contributed by atoms with E-state index >= 15 is 0 Å². The second-order valence-electron chi connectivity index (χ2n) is 7.31. The number of hydrogen-bond acceptors (Lipinski definition) is 5. The molecule has 0 fully saturated rings. The molecule has 1 unspecified atom stereocenters. The van der Waals surface area contributed by atoms with E-state index in [1.165, 1.54) is 12.1 Å². The highest BCUT2D eigenvalue weighted by molar-refractivity contribution is 7.98. The number of carbonyl (C=O) groups excluding carboxylic acids is 2. The summed E-state index contributed by atoms with van der Waals surface area (Å²) in [5.74, 6) is 0.753. The zero-order valence-corrected chi connectivity index (χ0v) is 19.7. The predicted octanol–water partition coefficient (Wildman–Crippen LogP) is 5.75. The van der Waals surface area contributed by atoms with Gasteiger partial charge in [-0.2, -0.15) is 11.8 Å². The smallest absolute Gasteiger partial charge is 0.253 e. The largest absolute Gasteiger partial charge is 0.440 e. The van der Waals surface area contributed by atoms with Gasteiger partial charge in [-0.05, 0) is 54.8 Å². The van der Waals surface area contributed by atoms with Gasteiger partial charge < -0.3 is 15.1 Å². The van der Waals surface area contributed by atoms with Crippen LogP contribution in [0.25, 0.3) is 11.1 Å². The van der Waals surface area contributed by atoms with Crippen LogP contribution in [0.3, 0.4) is 0 Å². The van der Waals surface area contributed by atoms with Gasteiger partial charge in [0.25, 0.3) is 5.91 Å². The lowest BCUT2D eigenvalue weighted by Gasteiger charge is -2.18. The van der Waals surface area contributed by atoms with Gasteiger partial charge in [0, 0.05) is 16.6 Å². The fourth-order valence-corrected chi connectivity index (χ4v) is 3.88. The molecule has 1 atom stereocenters. The van der Waals surface area contributed by atoms with Gasteiger partial charge in [0.15, 0.2) is 11.5 Å². The van der Waals surface area contributed by atoms with Crippen LogP contribution in [0.2, 0.25) is 10.0 Å². The maximum absolute atomic E-state index is 12.9. The van der Waals surface area contributed by atoms with Crippen molar-refractivity contribution in [2.24, 2.45) is 0 Å². The average molecular weight is 480 g/mol. The molecule has 0 saturated heterocycles. The molecule has 2 amide bonds. The highest BCUT2D eigenvalue weighted by Crippen LogP contribution is 2.24. The van der Waals surface area contributed by atoms with E-state index in [0.29, 0.717) is 39.9 Å². The maximum atomic E-state index is 12.9. The summed E-state index contributed by atoms with van der Waals surface area (Å²) in [5.41, 5.74) is 2.16. The van der Waals surface area contributed by atoms with Crippen LogP contribution in [0.4, 0.5) is 5.69 Å². The van der Waals surface area contributed by atoms with Crippen molar-refractivity contribution in [2.45, 2.75) is 32.2 Å². The fraction of sp³-hybridized carbons (Fsp3) is 0.318.